The second-order valence-corrected chi connectivity index (χ2v) is 8.56. The van der Waals surface area contributed by atoms with E-state index >= 15 is 0 Å². The number of hydrogen-bond donors (Lipinski definition) is 4. The van der Waals surface area contributed by atoms with E-state index < -0.39 is 35.1 Å². The summed E-state index contributed by atoms with van der Waals surface area (Å²) in [6.45, 7) is 11.2. The largest absolute Gasteiger partial charge is 0.345 e. The third-order valence-electron chi connectivity index (χ3n) is 4.20. The molecule has 0 saturated carbocycles. The first-order valence-electron chi connectivity index (χ1n) is 10.1. The van der Waals surface area contributed by atoms with Gasteiger partial charge in [-0.1, -0.05) is 47.5 Å². The molecule has 0 saturated heterocycles. The number of amides is 3. The van der Waals surface area contributed by atoms with Gasteiger partial charge in [0.2, 0.25) is 22.8 Å². The van der Waals surface area contributed by atoms with Crippen LogP contribution in [0.25, 0.3) is 0 Å². The highest BCUT2D eigenvalue weighted by Crippen LogP contribution is 2.10. The molecule has 0 unspecified atom stereocenters. The van der Waals surface area contributed by atoms with Gasteiger partial charge in [0.15, 0.2) is 0 Å². The average Bonchev–Trinajstić information content (AvgIpc) is 2.55. The third-order valence-corrected chi connectivity index (χ3v) is 4.51. The number of carbonyl (C=O) groups excluding carboxylic acids is 4. The number of nitrogens with one attached hydrogen (secondary N) is 3. The lowest BCUT2D eigenvalue weighted by molar-refractivity contribution is -0.133. The van der Waals surface area contributed by atoms with Gasteiger partial charge in [-0.15, -0.1) is 12.6 Å². The topological polar surface area (TPSA) is 104 Å². The van der Waals surface area contributed by atoms with E-state index in [1.165, 1.54) is 6.92 Å². The summed E-state index contributed by atoms with van der Waals surface area (Å²) in [6, 6.07) is -2.17. The Morgan fingerprint density at radius 2 is 1.21 bits per heavy atom. The van der Waals surface area contributed by atoms with Crippen molar-refractivity contribution in [3.63, 3.8) is 0 Å². The maximum atomic E-state index is 12.8. The van der Waals surface area contributed by atoms with Crippen LogP contribution in [0.5, 0.6) is 0 Å². The molecule has 3 amide bonds. The molecule has 28 heavy (non-hydrogen) atoms. The predicted octanol–water partition coefficient (Wildman–Crippen LogP) is 2.20. The van der Waals surface area contributed by atoms with Gasteiger partial charge in [-0.2, -0.15) is 0 Å². The van der Waals surface area contributed by atoms with E-state index in [4.69, 9.17) is 0 Å². The first kappa shape index (κ1) is 26.4. The Morgan fingerprint density at radius 3 is 1.57 bits per heavy atom. The van der Waals surface area contributed by atoms with E-state index in [0.29, 0.717) is 19.3 Å². The summed E-state index contributed by atoms with van der Waals surface area (Å²) >= 11 is 3.87. The van der Waals surface area contributed by atoms with Crippen LogP contribution >= 0.6 is 12.6 Å². The minimum atomic E-state index is -0.785. The lowest BCUT2D eigenvalue weighted by atomic mass is 9.99. The quantitative estimate of drug-likeness (QED) is 0.346. The molecule has 0 heterocycles. The first-order chi connectivity index (χ1) is 13.0. The molecule has 0 aromatic carbocycles. The minimum absolute atomic E-state index is 0.154. The Balaban J connectivity index is 5.25. The van der Waals surface area contributed by atoms with Crippen molar-refractivity contribution in [3.05, 3.63) is 0 Å². The molecule has 0 aliphatic rings. The van der Waals surface area contributed by atoms with Gasteiger partial charge >= 0.3 is 0 Å². The number of carbonyl (C=O) groups is 4. The Bertz CT molecular complexity index is 538. The summed E-state index contributed by atoms with van der Waals surface area (Å²) in [5.74, 6) is -0.754. The van der Waals surface area contributed by atoms with E-state index in [9.17, 15) is 19.2 Å². The monoisotopic (exact) mass is 415 g/mol. The molecule has 7 nitrogen and oxygen atoms in total. The molecule has 0 spiro atoms. The molecule has 0 aromatic heterocycles. The zero-order chi connectivity index (χ0) is 21.9. The molecule has 0 bridgehead atoms. The van der Waals surface area contributed by atoms with Crippen LogP contribution in [-0.4, -0.2) is 41.0 Å². The fraction of sp³-hybridized carbons (Fsp3) is 0.800. The lowest BCUT2D eigenvalue weighted by Crippen LogP contribution is -2.55. The van der Waals surface area contributed by atoms with E-state index in [1.807, 2.05) is 34.6 Å². The van der Waals surface area contributed by atoms with Crippen LogP contribution in [0, 0.1) is 11.8 Å². The summed E-state index contributed by atoms with van der Waals surface area (Å²) in [7, 11) is 0. The number of thiol groups is 1. The summed E-state index contributed by atoms with van der Waals surface area (Å²) in [5, 5.41) is 7.72. The van der Waals surface area contributed by atoms with Crippen LogP contribution in [0.2, 0.25) is 0 Å². The van der Waals surface area contributed by atoms with Crippen molar-refractivity contribution in [2.75, 3.05) is 0 Å². The number of hydrogen-bond acceptors (Lipinski definition) is 4. The van der Waals surface area contributed by atoms with Crippen LogP contribution in [-0.2, 0) is 19.2 Å². The average molecular weight is 416 g/mol. The summed E-state index contributed by atoms with van der Waals surface area (Å²) in [6.07, 6.45) is 3.09. The van der Waals surface area contributed by atoms with E-state index in [0.717, 1.165) is 12.8 Å². The molecule has 3 N–H and O–H groups in total. The molecule has 162 valence electrons. The van der Waals surface area contributed by atoms with Crippen molar-refractivity contribution in [1.82, 2.24) is 16.0 Å². The van der Waals surface area contributed by atoms with Crippen LogP contribution in [0.15, 0.2) is 0 Å². The highest BCUT2D eigenvalue weighted by molar-refractivity contribution is 7.96. The molecule has 8 heteroatoms. The Kier molecular flexibility index (Phi) is 12.8. The van der Waals surface area contributed by atoms with Gasteiger partial charge in [-0.05, 0) is 31.1 Å². The third kappa shape index (κ3) is 11.3. The van der Waals surface area contributed by atoms with E-state index in [1.54, 1.807) is 0 Å². The van der Waals surface area contributed by atoms with Gasteiger partial charge in [0, 0.05) is 6.92 Å². The molecule has 0 aliphatic carbocycles. The zero-order valence-electron chi connectivity index (χ0n) is 18.0. The Morgan fingerprint density at radius 1 is 0.786 bits per heavy atom. The van der Waals surface area contributed by atoms with Crippen molar-refractivity contribution >= 4 is 35.5 Å². The van der Waals surface area contributed by atoms with Gasteiger partial charge in [-0.3, -0.25) is 19.2 Å². The number of unbranched alkanes of at least 4 members (excludes halogenated alkanes) is 1. The molecule has 0 rings (SSSR count). The highest BCUT2D eigenvalue weighted by Gasteiger charge is 2.29. The number of rotatable bonds is 13. The highest BCUT2D eigenvalue weighted by atomic mass is 32.1. The standard InChI is InChI=1S/C20H37N3O4S/c1-7-8-9-15(20(27)28)22-19(26)17(11-13(4)5)23-18(25)16(10-12(2)3)21-14(6)24/h12-13,15-17H,7-11H2,1-6H3,(H,21,24)(H,22,26)(H,23,25)(H,27,28)/t15-,16-,17-/m0/s1. The first-order valence-corrected chi connectivity index (χ1v) is 10.5. The molecule has 3 atom stereocenters. The van der Waals surface area contributed by atoms with Gasteiger partial charge in [0.25, 0.3) is 0 Å². The summed E-state index contributed by atoms with van der Waals surface area (Å²) in [4.78, 5) is 48.6. The Hall–Kier alpha value is -1.57. The Labute approximate surface area is 174 Å². The molecule has 0 radical (unpaired) electrons. The van der Waals surface area contributed by atoms with Gasteiger partial charge in [0.05, 0.1) is 6.04 Å². The van der Waals surface area contributed by atoms with Crippen molar-refractivity contribution in [1.29, 1.82) is 0 Å². The fourth-order valence-electron chi connectivity index (χ4n) is 2.86. The lowest BCUT2D eigenvalue weighted by Gasteiger charge is -2.26. The smallest absolute Gasteiger partial charge is 0.243 e. The predicted molar refractivity (Wildman–Crippen MR) is 114 cm³/mol. The molecule has 0 aliphatic heterocycles. The van der Waals surface area contributed by atoms with Gasteiger partial charge in [0.1, 0.15) is 12.1 Å². The van der Waals surface area contributed by atoms with Crippen LogP contribution < -0.4 is 16.0 Å². The second kappa shape index (κ2) is 13.6. The van der Waals surface area contributed by atoms with Crippen LogP contribution in [0.3, 0.4) is 0 Å². The molecular weight excluding hydrogens is 378 g/mol. The van der Waals surface area contributed by atoms with E-state index in [-0.39, 0.29) is 17.7 Å². The zero-order valence-corrected chi connectivity index (χ0v) is 18.9. The van der Waals surface area contributed by atoms with E-state index in [2.05, 4.69) is 28.6 Å². The molecular formula is C20H37N3O4S. The molecule has 0 fully saturated rings. The summed E-state index contributed by atoms with van der Waals surface area (Å²) in [5.41, 5.74) is 0. The van der Waals surface area contributed by atoms with Crippen molar-refractivity contribution in [2.24, 2.45) is 11.8 Å². The van der Waals surface area contributed by atoms with Crippen molar-refractivity contribution in [3.8, 4) is 0 Å². The SMILES string of the molecule is CCCC[C@H](NC(=O)[C@H](CC(C)C)NC(=O)[C@H](CC(C)C)NC(C)=O)C(=O)S. The summed E-state index contributed by atoms with van der Waals surface area (Å²) < 4.78 is 0. The normalized spacial score (nSPS) is 14.3. The minimum Gasteiger partial charge on any atom is -0.345 e. The van der Waals surface area contributed by atoms with Gasteiger partial charge in [-0.25, -0.2) is 0 Å². The fourth-order valence-corrected chi connectivity index (χ4v) is 3.06. The van der Waals surface area contributed by atoms with Crippen molar-refractivity contribution < 1.29 is 19.2 Å². The maximum absolute atomic E-state index is 12.8. The second-order valence-electron chi connectivity index (χ2n) is 8.12. The maximum Gasteiger partial charge on any atom is 0.243 e. The van der Waals surface area contributed by atoms with Crippen LogP contribution in [0.1, 0.15) is 73.6 Å². The van der Waals surface area contributed by atoms with Crippen LogP contribution in [0.4, 0.5) is 0 Å². The molecule has 0 aromatic rings. The van der Waals surface area contributed by atoms with Crippen molar-refractivity contribution in [2.45, 2.75) is 91.8 Å². The van der Waals surface area contributed by atoms with Gasteiger partial charge < -0.3 is 16.0 Å².